The van der Waals surface area contributed by atoms with E-state index < -0.39 is 10.0 Å². The summed E-state index contributed by atoms with van der Waals surface area (Å²) >= 11 is 1.29. The SMILES string of the molecule is CCO[C@H]1CN(C)C[C@@H]1NS(=O)(=O)c1ccc(C)s1. The summed E-state index contributed by atoms with van der Waals surface area (Å²) in [6.07, 6.45) is -0.0779. The van der Waals surface area contributed by atoms with Crippen molar-refractivity contribution < 1.29 is 13.2 Å². The highest BCUT2D eigenvalue weighted by molar-refractivity contribution is 7.91. The van der Waals surface area contributed by atoms with E-state index in [1.165, 1.54) is 11.3 Å². The van der Waals surface area contributed by atoms with Crippen LogP contribution in [0, 0.1) is 6.92 Å². The average Bonchev–Trinajstić information content (AvgIpc) is 2.87. The number of hydrogen-bond acceptors (Lipinski definition) is 5. The minimum Gasteiger partial charge on any atom is -0.375 e. The van der Waals surface area contributed by atoms with E-state index in [2.05, 4.69) is 9.62 Å². The first-order valence-corrected chi connectivity index (χ1v) is 8.61. The molecule has 0 radical (unpaired) electrons. The third-order valence-electron chi connectivity index (χ3n) is 3.12. The second-order valence-corrected chi connectivity index (χ2v) is 8.04. The zero-order valence-corrected chi connectivity index (χ0v) is 13.1. The highest BCUT2D eigenvalue weighted by Crippen LogP contribution is 2.22. The van der Waals surface area contributed by atoms with E-state index >= 15 is 0 Å². The van der Waals surface area contributed by atoms with Gasteiger partial charge in [-0.1, -0.05) is 0 Å². The van der Waals surface area contributed by atoms with Crippen LogP contribution in [-0.4, -0.2) is 52.2 Å². The summed E-state index contributed by atoms with van der Waals surface area (Å²) in [5.74, 6) is 0. The van der Waals surface area contributed by atoms with Crippen molar-refractivity contribution in [2.45, 2.75) is 30.2 Å². The number of rotatable bonds is 5. The average molecular weight is 304 g/mol. The quantitative estimate of drug-likeness (QED) is 0.883. The van der Waals surface area contributed by atoms with Crippen molar-refractivity contribution in [1.29, 1.82) is 0 Å². The van der Waals surface area contributed by atoms with E-state index in [-0.39, 0.29) is 12.1 Å². The Hall–Kier alpha value is -0.470. The fourth-order valence-corrected chi connectivity index (χ4v) is 4.83. The molecule has 2 atom stereocenters. The predicted molar refractivity (Wildman–Crippen MR) is 76.1 cm³/mol. The van der Waals surface area contributed by atoms with Gasteiger partial charge in [-0.25, -0.2) is 13.1 Å². The van der Waals surface area contributed by atoms with Crippen molar-refractivity contribution >= 4 is 21.4 Å². The van der Waals surface area contributed by atoms with E-state index in [0.717, 1.165) is 11.4 Å². The van der Waals surface area contributed by atoms with Crippen LogP contribution in [-0.2, 0) is 14.8 Å². The van der Waals surface area contributed by atoms with E-state index in [9.17, 15) is 8.42 Å². The van der Waals surface area contributed by atoms with Crippen LogP contribution < -0.4 is 4.72 Å². The molecule has 1 aromatic heterocycles. The summed E-state index contributed by atoms with van der Waals surface area (Å²) in [7, 11) is -1.47. The summed E-state index contributed by atoms with van der Waals surface area (Å²) in [6, 6.07) is 3.29. The normalized spacial score (nSPS) is 25.0. The van der Waals surface area contributed by atoms with Crippen LogP contribution in [0.3, 0.4) is 0 Å². The van der Waals surface area contributed by atoms with Gasteiger partial charge in [0.25, 0.3) is 0 Å². The molecule has 5 nitrogen and oxygen atoms in total. The molecule has 0 saturated carbocycles. The van der Waals surface area contributed by atoms with Gasteiger partial charge in [0.15, 0.2) is 0 Å². The van der Waals surface area contributed by atoms with Gasteiger partial charge in [0.2, 0.25) is 10.0 Å². The third kappa shape index (κ3) is 3.55. The van der Waals surface area contributed by atoms with Crippen molar-refractivity contribution in [2.75, 3.05) is 26.7 Å². The number of nitrogens with zero attached hydrogens (tertiary/aromatic N) is 1. The second-order valence-electron chi connectivity index (χ2n) is 4.81. The maximum absolute atomic E-state index is 12.3. The summed E-state index contributed by atoms with van der Waals surface area (Å²) in [6.45, 7) is 5.84. The fraction of sp³-hybridized carbons (Fsp3) is 0.667. The number of sulfonamides is 1. The summed E-state index contributed by atoms with van der Waals surface area (Å²) in [5, 5.41) is 0. The summed E-state index contributed by atoms with van der Waals surface area (Å²) in [5.41, 5.74) is 0. The Labute approximate surface area is 118 Å². The minimum absolute atomic E-state index is 0.0779. The van der Waals surface area contributed by atoms with Crippen LogP contribution in [0.5, 0.6) is 0 Å². The molecule has 1 saturated heterocycles. The standard InChI is InChI=1S/C12H20N2O3S2/c1-4-17-11-8-14(3)7-10(11)13-19(15,16)12-6-5-9(2)18-12/h5-6,10-11,13H,4,7-8H2,1-3H3/t10-,11-/m0/s1. The van der Waals surface area contributed by atoms with Crippen molar-refractivity contribution in [3.05, 3.63) is 17.0 Å². The van der Waals surface area contributed by atoms with Gasteiger partial charge in [-0.3, -0.25) is 0 Å². The molecular formula is C12H20N2O3S2. The first-order chi connectivity index (χ1) is 8.92. The van der Waals surface area contributed by atoms with E-state index in [4.69, 9.17) is 4.74 Å². The molecule has 0 aromatic carbocycles. The van der Waals surface area contributed by atoms with Crippen molar-refractivity contribution in [3.63, 3.8) is 0 Å². The predicted octanol–water partition coefficient (Wildman–Crippen LogP) is 1.05. The first-order valence-electron chi connectivity index (χ1n) is 6.31. The number of likely N-dealkylation sites (tertiary alicyclic amines) is 1. The molecule has 0 bridgehead atoms. The molecule has 7 heteroatoms. The number of nitrogens with one attached hydrogen (secondary N) is 1. The number of likely N-dealkylation sites (N-methyl/N-ethyl adjacent to an activating group) is 1. The molecule has 0 amide bonds. The van der Waals surface area contributed by atoms with Crippen LogP contribution in [0.15, 0.2) is 16.3 Å². The lowest BCUT2D eigenvalue weighted by atomic mass is 10.2. The van der Waals surface area contributed by atoms with E-state index in [1.54, 1.807) is 6.07 Å². The van der Waals surface area contributed by atoms with E-state index in [1.807, 2.05) is 27.0 Å². The van der Waals surface area contributed by atoms with Gasteiger partial charge in [0.05, 0.1) is 12.1 Å². The number of aryl methyl sites for hydroxylation is 1. The molecule has 108 valence electrons. The number of hydrogen-bond donors (Lipinski definition) is 1. The van der Waals surface area contributed by atoms with E-state index in [0.29, 0.717) is 17.4 Å². The van der Waals surface area contributed by atoms with Crippen LogP contribution >= 0.6 is 11.3 Å². The Morgan fingerprint density at radius 1 is 1.47 bits per heavy atom. The number of thiophene rings is 1. The van der Waals surface area contributed by atoms with Gasteiger partial charge in [0, 0.05) is 24.6 Å². The molecule has 1 fully saturated rings. The van der Waals surface area contributed by atoms with Crippen LogP contribution in [0.2, 0.25) is 0 Å². The largest absolute Gasteiger partial charge is 0.375 e. The Bertz CT molecular complexity index is 527. The lowest BCUT2D eigenvalue weighted by Crippen LogP contribution is -2.43. The molecule has 1 aliphatic heterocycles. The summed E-state index contributed by atoms with van der Waals surface area (Å²) < 4.78 is 33.3. The van der Waals surface area contributed by atoms with Gasteiger partial charge in [-0.05, 0) is 33.0 Å². The molecule has 0 spiro atoms. The lowest BCUT2D eigenvalue weighted by molar-refractivity contribution is 0.0589. The van der Waals surface area contributed by atoms with Gasteiger partial charge in [-0.15, -0.1) is 11.3 Å². The minimum atomic E-state index is -3.44. The Morgan fingerprint density at radius 3 is 2.79 bits per heavy atom. The van der Waals surface area contributed by atoms with Gasteiger partial charge >= 0.3 is 0 Å². The maximum Gasteiger partial charge on any atom is 0.250 e. The Kier molecular flexibility index (Phi) is 4.62. The van der Waals surface area contributed by atoms with Crippen LogP contribution in [0.25, 0.3) is 0 Å². The molecule has 1 aromatic rings. The molecule has 1 aliphatic rings. The van der Waals surface area contributed by atoms with Gasteiger partial charge in [-0.2, -0.15) is 0 Å². The molecule has 19 heavy (non-hydrogen) atoms. The maximum atomic E-state index is 12.3. The summed E-state index contributed by atoms with van der Waals surface area (Å²) in [4.78, 5) is 3.07. The van der Waals surface area contributed by atoms with Crippen LogP contribution in [0.1, 0.15) is 11.8 Å². The fourth-order valence-electron chi connectivity index (χ4n) is 2.27. The smallest absolute Gasteiger partial charge is 0.250 e. The van der Waals surface area contributed by atoms with Crippen molar-refractivity contribution in [1.82, 2.24) is 9.62 Å². The van der Waals surface area contributed by atoms with Gasteiger partial charge < -0.3 is 9.64 Å². The van der Waals surface area contributed by atoms with Crippen LogP contribution in [0.4, 0.5) is 0 Å². The highest BCUT2D eigenvalue weighted by Gasteiger charge is 2.34. The Morgan fingerprint density at radius 2 is 2.21 bits per heavy atom. The third-order valence-corrected chi connectivity index (χ3v) is 6.10. The topological polar surface area (TPSA) is 58.6 Å². The molecule has 1 N–H and O–H groups in total. The van der Waals surface area contributed by atoms with Crippen molar-refractivity contribution in [2.24, 2.45) is 0 Å². The molecule has 2 rings (SSSR count). The Balaban J connectivity index is 2.11. The molecule has 2 heterocycles. The highest BCUT2D eigenvalue weighted by atomic mass is 32.2. The molecule has 0 aliphatic carbocycles. The van der Waals surface area contributed by atoms with Crippen molar-refractivity contribution in [3.8, 4) is 0 Å². The zero-order valence-electron chi connectivity index (χ0n) is 11.4. The van der Waals surface area contributed by atoms with Gasteiger partial charge in [0.1, 0.15) is 4.21 Å². The molecular weight excluding hydrogens is 284 g/mol. The number of ether oxygens (including phenoxy) is 1. The molecule has 0 unspecified atom stereocenters. The monoisotopic (exact) mass is 304 g/mol. The first kappa shape index (κ1) is 14.9. The zero-order chi connectivity index (χ0) is 14.0. The second kappa shape index (κ2) is 5.88. The lowest BCUT2D eigenvalue weighted by Gasteiger charge is -2.19.